The first kappa shape index (κ1) is 24.3. The van der Waals surface area contributed by atoms with Crippen molar-refractivity contribution >= 4 is 52.5 Å². The summed E-state index contributed by atoms with van der Waals surface area (Å²) in [6.07, 6.45) is 1.51. The maximum absolute atomic E-state index is 12.7. The van der Waals surface area contributed by atoms with E-state index in [1.54, 1.807) is 37.3 Å². The van der Waals surface area contributed by atoms with Gasteiger partial charge in [-0.25, -0.2) is 9.59 Å². The van der Waals surface area contributed by atoms with Gasteiger partial charge in [-0.2, -0.15) is 0 Å². The molecule has 0 aromatic heterocycles. The molecule has 8 nitrogen and oxygen atoms in total. The average molecular weight is 490 g/mol. The zero-order valence-corrected chi connectivity index (χ0v) is 19.3. The van der Waals surface area contributed by atoms with Gasteiger partial charge in [0.05, 0.1) is 22.1 Å². The molecule has 0 aliphatic carbocycles. The van der Waals surface area contributed by atoms with Gasteiger partial charge < -0.3 is 14.6 Å². The number of rotatable bonds is 8. The average Bonchev–Trinajstić information content (AvgIpc) is 3.05. The lowest BCUT2D eigenvalue weighted by atomic mass is 10.1. The lowest BCUT2D eigenvalue weighted by molar-refractivity contribution is -0.150. The summed E-state index contributed by atoms with van der Waals surface area (Å²) in [5.41, 5.74) is 1.39. The van der Waals surface area contributed by atoms with Crippen molar-refractivity contribution in [3.8, 4) is 5.75 Å². The topological polar surface area (TPSA) is 110 Å². The molecule has 172 valence electrons. The second-order valence-electron chi connectivity index (χ2n) is 6.96. The van der Waals surface area contributed by atoms with Crippen LogP contribution in [-0.2, 0) is 20.9 Å². The zero-order chi connectivity index (χ0) is 24.1. The van der Waals surface area contributed by atoms with E-state index in [1.807, 2.05) is 0 Å². The van der Waals surface area contributed by atoms with Crippen LogP contribution in [0.4, 0.5) is 4.79 Å². The van der Waals surface area contributed by atoms with E-state index in [0.717, 1.165) is 16.7 Å². The molecule has 1 atom stereocenters. The van der Waals surface area contributed by atoms with E-state index in [4.69, 9.17) is 26.2 Å². The van der Waals surface area contributed by atoms with Crippen molar-refractivity contribution in [1.29, 1.82) is 0 Å². The van der Waals surface area contributed by atoms with Crippen molar-refractivity contribution < 1.29 is 33.8 Å². The minimum atomic E-state index is -1.03. The maximum Gasteiger partial charge on any atom is 0.335 e. The van der Waals surface area contributed by atoms with Gasteiger partial charge in [0.25, 0.3) is 11.1 Å². The Morgan fingerprint density at radius 2 is 1.97 bits per heavy atom. The van der Waals surface area contributed by atoms with Crippen molar-refractivity contribution in [2.45, 2.75) is 26.5 Å². The molecule has 0 unspecified atom stereocenters. The van der Waals surface area contributed by atoms with Gasteiger partial charge in [0.2, 0.25) is 0 Å². The molecule has 2 aromatic carbocycles. The number of carbonyl (C=O) groups is 4. The van der Waals surface area contributed by atoms with E-state index in [-0.39, 0.29) is 28.7 Å². The van der Waals surface area contributed by atoms with Crippen LogP contribution in [0.15, 0.2) is 47.4 Å². The fraction of sp³-hybridized carbons (Fsp3) is 0.217. The number of esters is 1. The molecule has 0 spiro atoms. The molecule has 0 radical (unpaired) electrons. The third-order valence-corrected chi connectivity index (χ3v) is 5.84. The number of carboxylic acids is 1. The standard InChI is InChI=1S/C23H20ClNO7S/c1-3-31-22(29)13(2)25-20(26)19(33-23(25)30)11-14-7-8-18(17(24)10-14)32-12-15-5-4-6-16(9-15)21(27)28/h4-11,13H,3,12H2,1-2H3,(H,27,28)/b19-11+/t13-/m1/s1. The molecular formula is C23H20ClNO7S. The third-order valence-electron chi connectivity index (χ3n) is 4.66. The van der Waals surface area contributed by atoms with Crippen LogP contribution in [0.25, 0.3) is 6.08 Å². The van der Waals surface area contributed by atoms with Crippen LogP contribution in [0, 0.1) is 0 Å². The molecule has 1 fully saturated rings. The third kappa shape index (κ3) is 5.74. The number of benzene rings is 2. The van der Waals surface area contributed by atoms with Gasteiger partial charge in [-0.05, 0) is 67.1 Å². The summed E-state index contributed by atoms with van der Waals surface area (Å²) < 4.78 is 10.6. The predicted molar refractivity (Wildman–Crippen MR) is 123 cm³/mol. The Kier molecular flexibility index (Phi) is 7.78. The number of carboxylic acid groups (broad SMARTS) is 1. The highest BCUT2D eigenvalue weighted by Gasteiger charge is 2.41. The van der Waals surface area contributed by atoms with Crippen molar-refractivity contribution in [3.05, 3.63) is 69.1 Å². The summed E-state index contributed by atoms with van der Waals surface area (Å²) in [5.74, 6) is -1.89. The second-order valence-corrected chi connectivity index (χ2v) is 8.36. The van der Waals surface area contributed by atoms with E-state index < -0.39 is 29.1 Å². The minimum absolute atomic E-state index is 0.116. The summed E-state index contributed by atoms with van der Waals surface area (Å²) in [4.78, 5) is 49.0. The Labute approximate surface area is 199 Å². The molecule has 1 aliphatic heterocycles. The molecule has 1 N–H and O–H groups in total. The van der Waals surface area contributed by atoms with Crippen LogP contribution in [0.3, 0.4) is 0 Å². The van der Waals surface area contributed by atoms with Gasteiger partial charge in [-0.15, -0.1) is 0 Å². The SMILES string of the molecule is CCOC(=O)[C@@H](C)N1C(=O)S/C(=C/c2ccc(OCc3cccc(C(=O)O)c3)c(Cl)c2)C1=O. The number of thioether (sulfide) groups is 1. The Balaban J connectivity index is 1.71. The second kappa shape index (κ2) is 10.5. The molecule has 1 aliphatic rings. The molecule has 3 rings (SSSR count). The van der Waals surface area contributed by atoms with Crippen molar-refractivity contribution in [2.75, 3.05) is 6.61 Å². The summed E-state index contributed by atoms with van der Waals surface area (Å²) >= 11 is 7.03. The van der Waals surface area contributed by atoms with E-state index >= 15 is 0 Å². The van der Waals surface area contributed by atoms with Crippen LogP contribution in [0.2, 0.25) is 5.02 Å². The van der Waals surface area contributed by atoms with E-state index in [1.165, 1.54) is 25.1 Å². The number of carbonyl (C=O) groups excluding carboxylic acids is 3. The first-order chi connectivity index (χ1) is 15.7. The van der Waals surface area contributed by atoms with E-state index in [0.29, 0.717) is 16.9 Å². The lowest BCUT2D eigenvalue weighted by Crippen LogP contribution is -2.42. The van der Waals surface area contributed by atoms with Crippen LogP contribution in [0.1, 0.15) is 35.3 Å². The largest absolute Gasteiger partial charge is 0.487 e. The van der Waals surface area contributed by atoms with Crippen molar-refractivity contribution in [3.63, 3.8) is 0 Å². The first-order valence-corrected chi connectivity index (χ1v) is 11.1. The summed E-state index contributed by atoms with van der Waals surface area (Å²) in [5, 5.41) is 8.80. The Morgan fingerprint density at radius 1 is 1.21 bits per heavy atom. The molecule has 2 aromatic rings. The molecule has 1 saturated heterocycles. The van der Waals surface area contributed by atoms with Gasteiger partial charge in [0, 0.05) is 0 Å². The minimum Gasteiger partial charge on any atom is -0.487 e. The summed E-state index contributed by atoms with van der Waals surface area (Å²) in [7, 11) is 0. The van der Waals surface area contributed by atoms with Crippen LogP contribution >= 0.6 is 23.4 Å². The molecule has 0 saturated carbocycles. The maximum atomic E-state index is 12.7. The molecule has 2 amide bonds. The zero-order valence-electron chi connectivity index (χ0n) is 17.7. The number of ether oxygens (including phenoxy) is 2. The van der Waals surface area contributed by atoms with Crippen LogP contribution < -0.4 is 4.74 Å². The number of nitrogens with zero attached hydrogens (tertiary/aromatic N) is 1. The predicted octanol–water partition coefficient (Wildman–Crippen LogP) is 4.61. The van der Waals surface area contributed by atoms with Crippen molar-refractivity contribution in [2.24, 2.45) is 0 Å². The number of aromatic carboxylic acids is 1. The quantitative estimate of drug-likeness (QED) is 0.423. The fourth-order valence-corrected chi connectivity index (χ4v) is 4.16. The normalized spacial score (nSPS) is 15.6. The van der Waals surface area contributed by atoms with Crippen LogP contribution in [0.5, 0.6) is 5.75 Å². The highest BCUT2D eigenvalue weighted by molar-refractivity contribution is 8.18. The number of imide groups is 1. The highest BCUT2D eigenvalue weighted by atomic mass is 35.5. The number of halogens is 1. The van der Waals surface area contributed by atoms with Gasteiger partial charge in [-0.3, -0.25) is 14.5 Å². The highest BCUT2D eigenvalue weighted by Crippen LogP contribution is 2.35. The molecular weight excluding hydrogens is 470 g/mol. The number of amides is 2. The number of hydrogen-bond acceptors (Lipinski definition) is 7. The molecule has 1 heterocycles. The van der Waals surface area contributed by atoms with Crippen LogP contribution in [-0.4, -0.2) is 45.7 Å². The number of hydrogen-bond donors (Lipinski definition) is 1. The van der Waals surface area contributed by atoms with Gasteiger partial charge in [0.15, 0.2) is 0 Å². The van der Waals surface area contributed by atoms with Crippen molar-refractivity contribution in [1.82, 2.24) is 4.90 Å². The molecule has 0 bridgehead atoms. The Hall–Kier alpha value is -3.30. The van der Waals surface area contributed by atoms with Gasteiger partial charge in [-0.1, -0.05) is 29.8 Å². The van der Waals surface area contributed by atoms with E-state index in [9.17, 15) is 19.2 Å². The fourth-order valence-electron chi connectivity index (χ4n) is 3.01. The molecule has 10 heteroatoms. The monoisotopic (exact) mass is 489 g/mol. The Bertz CT molecular complexity index is 1150. The molecule has 33 heavy (non-hydrogen) atoms. The summed E-state index contributed by atoms with van der Waals surface area (Å²) in [6.45, 7) is 3.34. The lowest BCUT2D eigenvalue weighted by Gasteiger charge is -2.19. The van der Waals surface area contributed by atoms with Gasteiger partial charge >= 0.3 is 11.9 Å². The Morgan fingerprint density at radius 3 is 2.64 bits per heavy atom. The van der Waals surface area contributed by atoms with E-state index in [2.05, 4.69) is 0 Å². The summed E-state index contributed by atoms with van der Waals surface area (Å²) in [6, 6.07) is 10.2. The smallest absolute Gasteiger partial charge is 0.335 e. The van der Waals surface area contributed by atoms with Gasteiger partial charge in [0.1, 0.15) is 18.4 Å². The first-order valence-electron chi connectivity index (χ1n) is 9.89.